The van der Waals surface area contributed by atoms with E-state index in [0.29, 0.717) is 11.7 Å². The molecule has 0 saturated heterocycles. The maximum atomic E-state index is 4.80. The van der Waals surface area contributed by atoms with E-state index in [-0.39, 0.29) is 9.52 Å². The van der Waals surface area contributed by atoms with Crippen molar-refractivity contribution in [1.82, 2.24) is 9.55 Å². The second kappa shape index (κ2) is 13.1. The molecule has 0 unspecified atom stereocenters. The van der Waals surface area contributed by atoms with Gasteiger partial charge in [-0.05, 0) is 41.0 Å². The van der Waals surface area contributed by atoms with Gasteiger partial charge in [0.2, 0.25) is 7.28 Å². The molecule has 0 atom stereocenters. The molecule has 0 N–H and O–H groups in total. The van der Waals surface area contributed by atoms with Crippen LogP contribution in [-0.4, -0.2) is 26.4 Å². The zero-order chi connectivity index (χ0) is 26.0. The summed E-state index contributed by atoms with van der Waals surface area (Å²) in [4.78, 5) is 4.80. The number of benzene rings is 4. The Morgan fingerprint density at radius 3 is 1.71 bits per heavy atom. The third-order valence-corrected chi connectivity index (χ3v) is 8.88. The van der Waals surface area contributed by atoms with Crippen molar-refractivity contribution in [3.63, 3.8) is 0 Å². The van der Waals surface area contributed by atoms with Crippen LogP contribution >= 0.6 is 0 Å². The van der Waals surface area contributed by atoms with Crippen molar-refractivity contribution < 1.29 is 0 Å². The van der Waals surface area contributed by atoms with Crippen LogP contribution in [-0.2, 0) is 6.17 Å². The predicted molar refractivity (Wildman–Crippen MR) is 166 cm³/mol. The van der Waals surface area contributed by atoms with Crippen LogP contribution in [0.25, 0.3) is 0 Å². The molecule has 0 bridgehead atoms. The molecule has 0 amide bonds. The van der Waals surface area contributed by atoms with Gasteiger partial charge < -0.3 is 4.57 Å². The molecule has 0 aliphatic heterocycles. The van der Waals surface area contributed by atoms with Gasteiger partial charge in [0, 0.05) is 34.0 Å². The van der Waals surface area contributed by atoms with E-state index in [0.717, 1.165) is 13.4 Å². The number of aromatic nitrogens is 2. The van der Waals surface area contributed by atoms with Gasteiger partial charge in [0.1, 0.15) is 0 Å². The lowest BCUT2D eigenvalue weighted by Gasteiger charge is -2.19. The molecule has 0 fully saturated rings. The van der Waals surface area contributed by atoms with Crippen LogP contribution in [0.3, 0.4) is 0 Å². The highest BCUT2D eigenvalue weighted by atomic mass is 28.2. The molecular weight excluding hydrogens is 475 g/mol. The molecule has 5 rings (SSSR count). The first-order valence-electron chi connectivity index (χ1n) is 13.7. The fourth-order valence-electron chi connectivity index (χ4n) is 5.43. The highest BCUT2D eigenvalue weighted by Gasteiger charge is 2.19. The van der Waals surface area contributed by atoms with Gasteiger partial charge in [-0.3, -0.25) is 4.98 Å². The molecule has 0 saturated carbocycles. The van der Waals surface area contributed by atoms with Gasteiger partial charge in [-0.15, -0.1) is 0 Å². The van der Waals surface area contributed by atoms with E-state index in [2.05, 4.69) is 145 Å². The van der Waals surface area contributed by atoms with Gasteiger partial charge in [0.25, 0.3) is 0 Å². The van der Waals surface area contributed by atoms with Crippen LogP contribution < -0.4 is 5.72 Å². The van der Waals surface area contributed by atoms with Crippen molar-refractivity contribution in [3.05, 3.63) is 168 Å². The zero-order valence-corrected chi connectivity index (χ0v) is 23.6. The Kier molecular flexibility index (Phi) is 8.86. The minimum Gasteiger partial charge on any atom is -0.347 e. The fourth-order valence-corrected chi connectivity index (χ4v) is 7.02. The van der Waals surface area contributed by atoms with E-state index in [9.17, 15) is 0 Å². The van der Waals surface area contributed by atoms with Crippen molar-refractivity contribution >= 4 is 22.5 Å². The number of hydrogen-bond acceptors (Lipinski definition) is 1. The normalized spacial score (nSPS) is 12.0. The average Bonchev–Trinajstić information content (AvgIpc) is 3.43. The van der Waals surface area contributed by atoms with Gasteiger partial charge in [-0.25, -0.2) is 0 Å². The van der Waals surface area contributed by atoms with Crippen LogP contribution in [0, 0.1) is 0 Å². The Labute approximate surface area is 230 Å². The van der Waals surface area contributed by atoms with Crippen LogP contribution in [0.2, 0.25) is 6.04 Å². The molecular formula is C34H35BN2Si. The second-order valence-corrected chi connectivity index (χ2v) is 11.7. The van der Waals surface area contributed by atoms with E-state index in [1.165, 1.54) is 39.6 Å². The number of hydrogen-bond donors (Lipinski definition) is 0. The number of nitrogens with zero attached hydrogens (tertiary/aromatic N) is 2. The maximum absolute atomic E-state index is 4.80. The van der Waals surface area contributed by atoms with E-state index in [1.54, 1.807) is 0 Å². The number of rotatable bonds is 11. The van der Waals surface area contributed by atoms with E-state index in [1.807, 2.05) is 6.20 Å². The summed E-state index contributed by atoms with van der Waals surface area (Å²) in [7, 11) is 0.585. The highest BCUT2D eigenvalue weighted by Crippen LogP contribution is 2.31. The number of allylic oxidation sites excluding steroid dienone is 2. The fraction of sp³-hybridized carbons (Fsp3) is 0.147. The third kappa shape index (κ3) is 6.51. The minimum atomic E-state index is -0.326. The lowest BCUT2D eigenvalue weighted by molar-refractivity contribution is 0.896. The standard InChI is InChI=1S/C34H35BN2Si/c1-27(32(28-14-6-2-7-15-28)29-16-8-3-9-17-29)22-25-38-26-37-24-23-36-34(37)35-33(30-18-10-4-11-19-30)31-20-12-5-13-21-31/h2-24,32-33,35H,25-26,38H2,1H3. The SMILES string of the molecule is CC(=CC[SiH2]Cn1ccnc1BC(c1ccccc1)c1ccccc1)C(c1ccccc1)c1ccccc1. The summed E-state index contributed by atoms with van der Waals surface area (Å²) in [6, 6.07) is 44.6. The smallest absolute Gasteiger partial charge is 0.217 e. The van der Waals surface area contributed by atoms with Crippen molar-refractivity contribution in [2.75, 3.05) is 0 Å². The van der Waals surface area contributed by atoms with Crippen LogP contribution in [0.4, 0.5) is 0 Å². The van der Waals surface area contributed by atoms with E-state index >= 15 is 0 Å². The summed E-state index contributed by atoms with van der Waals surface area (Å²) in [5.41, 5.74) is 8.03. The third-order valence-electron chi connectivity index (χ3n) is 7.38. The molecule has 2 nitrogen and oxygen atoms in total. The van der Waals surface area contributed by atoms with Crippen molar-refractivity contribution in [3.8, 4) is 0 Å². The molecule has 0 aliphatic carbocycles. The van der Waals surface area contributed by atoms with Crippen molar-refractivity contribution in [2.45, 2.75) is 30.9 Å². The molecule has 188 valence electrons. The molecule has 0 aliphatic rings. The molecule has 1 heterocycles. The molecule has 4 heteroatoms. The Hall–Kier alpha value is -3.89. The zero-order valence-electron chi connectivity index (χ0n) is 22.2. The van der Waals surface area contributed by atoms with Gasteiger partial charge in [0.15, 0.2) is 0 Å². The topological polar surface area (TPSA) is 17.8 Å². The Morgan fingerprint density at radius 1 is 0.737 bits per heavy atom. The van der Waals surface area contributed by atoms with Crippen molar-refractivity contribution in [1.29, 1.82) is 0 Å². The summed E-state index contributed by atoms with van der Waals surface area (Å²) >= 11 is 0. The van der Waals surface area contributed by atoms with Gasteiger partial charge in [0.05, 0.1) is 5.72 Å². The van der Waals surface area contributed by atoms with Crippen molar-refractivity contribution in [2.24, 2.45) is 0 Å². The Balaban J connectivity index is 1.27. The second-order valence-electron chi connectivity index (χ2n) is 9.96. The molecule has 0 radical (unpaired) electrons. The van der Waals surface area contributed by atoms with Gasteiger partial charge in [-0.1, -0.05) is 133 Å². The van der Waals surface area contributed by atoms with E-state index in [4.69, 9.17) is 4.98 Å². The van der Waals surface area contributed by atoms with Gasteiger partial charge in [-0.2, -0.15) is 0 Å². The Morgan fingerprint density at radius 2 is 1.21 bits per heavy atom. The van der Waals surface area contributed by atoms with Gasteiger partial charge >= 0.3 is 0 Å². The minimum absolute atomic E-state index is 0.305. The molecule has 0 spiro atoms. The molecule has 5 aromatic rings. The summed E-state index contributed by atoms with van der Waals surface area (Å²) in [5.74, 6) is 0.618. The average molecular weight is 511 g/mol. The first-order valence-corrected chi connectivity index (χ1v) is 15.7. The quantitative estimate of drug-likeness (QED) is 0.120. The van der Waals surface area contributed by atoms with E-state index < -0.39 is 0 Å². The lowest BCUT2D eigenvalue weighted by atomic mass is 9.58. The first-order chi connectivity index (χ1) is 18.8. The first kappa shape index (κ1) is 25.7. The predicted octanol–water partition coefficient (Wildman–Crippen LogP) is 6.06. The molecule has 4 aromatic carbocycles. The molecule has 38 heavy (non-hydrogen) atoms. The van der Waals surface area contributed by atoms with Crippen LogP contribution in [0.5, 0.6) is 0 Å². The molecule has 1 aromatic heterocycles. The Bertz CT molecular complexity index is 1340. The number of imidazole rings is 1. The van der Waals surface area contributed by atoms with Crippen LogP contribution in [0.1, 0.15) is 40.9 Å². The lowest BCUT2D eigenvalue weighted by Crippen LogP contribution is -2.32. The van der Waals surface area contributed by atoms with Crippen LogP contribution in [0.15, 0.2) is 145 Å². The highest BCUT2D eigenvalue weighted by molar-refractivity contribution is 6.54. The maximum Gasteiger partial charge on any atom is 0.217 e. The summed E-state index contributed by atoms with van der Waals surface area (Å²) in [5, 5.41) is 0. The summed E-state index contributed by atoms with van der Waals surface area (Å²) < 4.78 is 2.40. The largest absolute Gasteiger partial charge is 0.347 e. The summed E-state index contributed by atoms with van der Waals surface area (Å²) in [6.07, 6.45) is 7.74. The monoisotopic (exact) mass is 510 g/mol. The summed E-state index contributed by atoms with van der Waals surface area (Å²) in [6.45, 7) is 2.30.